The summed E-state index contributed by atoms with van der Waals surface area (Å²) in [5, 5.41) is 15.5. The quantitative estimate of drug-likeness (QED) is 0.0526. The van der Waals surface area contributed by atoms with Crippen LogP contribution in [0, 0.1) is 72.7 Å². The monoisotopic (exact) mass is 2560 g/mol. The van der Waals surface area contributed by atoms with Crippen LogP contribution in [-0.4, -0.2) is 109 Å². The van der Waals surface area contributed by atoms with Crippen LogP contribution in [0.2, 0.25) is 0 Å². The van der Waals surface area contributed by atoms with Crippen molar-refractivity contribution in [3.8, 4) is 102 Å². The zero-order chi connectivity index (χ0) is 103. The number of ether oxygens (including phenoxy) is 4. The number of carboxylic acids is 1. The second-order valence-corrected chi connectivity index (χ2v) is 31.3. The molecule has 0 spiro atoms. The molecule has 145 heavy (non-hydrogen) atoms. The third-order valence-corrected chi connectivity index (χ3v) is 21.8. The Morgan fingerprint density at radius 1 is 0.331 bits per heavy atom. The summed E-state index contributed by atoms with van der Waals surface area (Å²) in [6.45, 7) is 0.922. The van der Waals surface area contributed by atoms with Gasteiger partial charge in [-0.15, -0.1) is 156 Å². The van der Waals surface area contributed by atoms with Gasteiger partial charge in [-0.1, -0.05) is 138 Å². The number of methoxy groups -OCH3 is 4. The van der Waals surface area contributed by atoms with Gasteiger partial charge in [0.25, 0.3) is 5.60 Å². The van der Waals surface area contributed by atoms with E-state index >= 15 is 0 Å². The molecule has 0 fully saturated rings. The summed E-state index contributed by atoms with van der Waals surface area (Å²) in [6.07, 6.45) is -18.7. The number of pyridine rings is 8. The molecule has 756 valence electrons. The molecule has 0 bridgehead atoms. The zero-order valence-corrected chi connectivity index (χ0v) is 84.1. The van der Waals surface area contributed by atoms with E-state index in [2.05, 4.69) is 82.3 Å². The molecule has 9 aromatic carbocycles. The SMILES string of the molecule is COc1c[c-]c(-c2ccccn2)c(OC)c1.COc1c[c-]c(-c2ccccn2)c(OC)c1.Cc1cc([PH+](CC(O)(C(F)(F)F)C(F)(F)F)c2cc(C(F)(F)F)cc(C(F)(F)F)c2)cc(C(F)(F)F)c1.Fc1c[c-]c(-c2ccccn2)c(F)c1.Fc1c[c-]c(-c2ccccn2)c(F)c1.O=C(O)c1ccccn1.[Ir+3].[Ir].[Ir].[c-]1ccccc1-c1ccccn1.[c-]1ccccc1-c1ccccn1.[c-]1ccccc1-c1ccccn1. The predicted octanol–water partition coefficient (Wildman–Crippen LogP) is 26.3. The molecule has 0 aliphatic rings. The van der Waals surface area contributed by atoms with Crippen LogP contribution in [0.1, 0.15) is 32.7 Å². The number of hydrogen-bond donors (Lipinski definition) is 2. The third-order valence-electron chi connectivity index (χ3n) is 19.0. The average molecular weight is 2560 g/mol. The van der Waals surface area contributed by atoms with Gasteiger partial charge in [0.1, 0.15) is 11.9 Å². The van der Waals surface area contributed by atoms with Crippen molar-refractivity contribution in [2.24, 2.45) is 0 Å². The second kappa shape index (κ2) is 58.0. The molecule has 15 nitrogen and oxygen atoms in total. The van der Waals surface area contributed by atoms with Gasteiger partial charge < -0.3 is 64.0 Å². The molecular weight excluding hydrogens is 2480 g/mol. The number of aromatic carboxylic acids is 1. The fourth-order valence-corrected chi connectivity index (χ4v) is 15.2. The summed E-state index contributed by atoms with van der Waals surface area (Å²) in [4.78, 5) is 42.8. The molecule has 2 radical (unpaired) electrons. The minimum atomic E-state index is -6.55. The topological polar surface area (TPSA) is 198 Å². The maximum atomic E-state index is 13.4. The molecule has 8 aromatic heterocycles. The van der Waals surface area contributed by atoms with Gasteiger partial charge in [-0.3, -0.25) is 17.6 Å². The molecule has 1 unspecified atom stereocenters. The van der Waals surface area contributed by atoms with Crippen LogP contribution in [-0.2, 0) is 78.8 Å². The van der Waals surface area contributed by atoms with Gasteiger partial charge in [-0.2, -0.15) is 65.9 Å². The molecule has 1 atom stereocenters. The first kappa shape index (κ1) is 120. The molecular formula is C107H78F19Ir3N8O7P-3. The van der Waals surface area contributed by atoms with Gasteiger partial charge in [0.05, 0.1) is 63.7 Å². The summed E-state index contributed by atoms with van der Waals surface area (Å²) < 4.78 is 272. The van der Waals surface area contributed by atoms with Crippen LogP contribution < -0.4 is 29.6 Å². The molecule has 2 N–H and O–H groups in total. The zero-order valence-electron chi connectivity index (χ0n) is 75.9. The Bertz CT molecular complexity index is 6210. The van der Waals surface area contributed by atoms with E-state index in [1.165, 1.54) is 12.3 Å². The summed E-state index contributed by atoms with van der Waals surface area (Å²) in [6, 6.07) is 99.3. The number of aliphatic hydroxyl groups is 1. The first-order valence-corrected chi connectivity index (χ1v) is 43.1. The maximum absolute atomic E-state index is 13.4. The molecule has 8 heterocycles. The Morgan fingerprint density at radius 3 is 0.862 bits per heavy atom. The number of carbonyl (C=O) groups is 1. The number of hydrogen-bond acceptors (Lipinski definition) is 14. The van der Waals surface area contributed by atoms with Crippen LogP contribution in [0.4, 0.5) is 83.4 Å². The summed E-state index contributed by atoms with van der Waals surface area (Å²) in [5.41, 5.74) is -1.24. The maximum Gasteiger partial charge on any atom is 3.00 e. The number of aryl methyl sites for hydroxylation is 1. The van der Waals surface area contributed by atoms with E-state index < -0.39 is 119 Å². The van der Waals surface area contributed by atoms with Crippen molar-refractivity contribution in [2.45, 2.75) is 43.4 Å². The number of rotatable bonds is 16. The van der Waals surface area contributed by atoms with E-state index in [9.17, 15) is 93.3 Å². The number of benzene rings is 9. The van der Waals surface area contributed by atoms with Crippen LogP contribution in [0.15, 0.2) is 353 Å². The summed E-state index contributed by atoms with van der Waals surface area (Å²) >= 11 is 0. The van der Waals surface area contributed by atoms with Crippen LogP contribution in [0.5, 0.6) is 23.0 Å². The van der Waals surface area contributed by atoms with E-state index in [1.807, 2.05) is 176 Å². The van der Waals surface area contributed by atoms with Crippen molar-refractivity contribution < 1.29 is 178 Å². The fourth-order valence-electron chi connectivity index (χ4n) is 12.1. The van der Waals surface area contributed by atoms with Gasteiger partial charge in [0, 0.05) is 136 Å². The first-order chi connectivity index (χ1) is 67.7. The van der Waals surface area contributed by atoms with Crippen LogP contribution in [0.3, 0.4) is 0 Å². The van der Waals surface area contributed by atoms with Crippen molar-refractivity contribution in [1.29, 1.82) is 0 Å². The Balaban J connectivity index is 0.000000258. The Hall–Kier alpha value is -14.1. The van der Waals surface area contributed by atoms with Gasteiger partial charge in [-0.25, -0.2) is 9.78 Å². The van der Waals surface area contributed by atoms with Crippen molar-refractivity contribution in [3.63, 3.8) is 0 Å². The van der Waals surface area contributed by atoms with Gasteiger partial charge in [0.15, 0.2) is 0 Å². The molecule has 17 aromatic rings. The number of halogens is 19. The minimum Gasteiger partial charge on any atom is -0.540 e. The van der Waals surface area contributed by atoms with E-state index in [0.29, 0.717) is 35.0 Å². The minimum absolute atomic E-state index is 0. The van der Waals surface area contributed by atoms with E-state index in [4.69, 9.17) is 24.1 Å². The fraction of sp³-hybridized carbons (Fsp3) is 0.112. The Morgan fingerprint density at radius 2 is 0.614 bits per heavy atom. The smallest absolute Gasteiger partial charge is 0.540 e. The molecule has 0 amide bonds. The Labute approximate surface area is 862 Å². The van der Waals surface area contributed by atoms with E-state index in [-0.39, 0.29) is 95.3 Å². The van der Waals surface area contributed by atoms with E-state index in [1.54, 1.807) is 132 Å². The summed E-state index contributed by atoms with van der Waals surface area (Å²) in [5.74, 6) is -0.712. The predicted molar refractivity (Wildman–Crippen MR) is 499 cm³/mol. The number of carboxylic acid groups (broad SMARTS) is 1. The van der Waals surface area contributed by atoms with Crippen molar-refractivity contribution in [1.82, 2.24) is 39.9 Å². The van der Waals surface area contributed by atoms with Crippen molar-refractivity contribution in [2.75, 3.05) is 34.6 Å². The second-order valence-electron chi connectivity index (χ2n) is 28.8. The van der Waals surface area contributed by atoms with E-state index in [0.717, 1.165) is 99.0 Å². The van der Waals surface area contributed by atoms with Gasteiger partial charge >= 0.3 is 57.0 Å². The van der Waals surface area contributed by atoms with Gasteiger partial charge in [0.2, 0.25) is 0 Å². The number of aromatic nitrogens is 8. The molecule has 0 saturated carbocycles. The van der Waals surface area contributed by atoms with Gasteiger partial charge in [-0.05, 0) is 143 Å². The molecule has 0 aliphatic carbocycles. The molecule has 17 rings (SSSR count). The Kier molecular flexibility index (Phi) is 47.8. The summed E-state index contributed by atoms with van der Waals surface area (Å²) in [7, 11) is 2.19. The molecule has 0 saturated heterocycles. The average Bonchev–Trinajstić information content (AvgIpc) is 0.746. The van der Waals surface area contributed by atoms with Crippen molar-refractivity contribution >= 4 is 24.5 Å². The van der Waals surface area contributed by atoms with Crippen LogP contribution in [0.25, 0.3) is 78.8 Å². The third kappa shape index (κ3) is 37.2. The largest absolute Gasteiger partial charge is 3.00 e. The normalized spacial score (nSPS) is 11.0. The number of nitrogens with zero attached hydrogens (tertiary/aromatic N) is 8. The molecule has 0 aliphatic heterocycles. The number of alkyl halides is 15. The van der Waals surface area contributed by atoms with Crippen LogP contribution >= 0.6 is 7.92 Å². The first-order valence-electron chi connectivity index (χ1n) is 41.4. The van der Waals surface area contributed by atoms with Crippen molar-refractivity contribution in [3.05, 3.63) is 447 Å². The molecule has 38 heteroatoms. The standard InChI is InChI=1S/C20H12F15OP.2C13H12NO2.2C11H6F2N.3C11H8N.C6H5NO2.3Ir/c1-9-2-10(16(21,22)23)5-13(3-9)37(8-15(36,19(30,31)32)20(33,34)35)14-6-11(17(24,25)26)4-12(7-14)18(27,28)29;2*1-15-10-6-7-11(13(9-10)16-2)12-5-3-4-8-14-12;2*12-8-4-5-9(10(13)7-8)11-3-1-2-6-14-11;3*1-2-6-10(7-3-1)11-8-4-5-9-12-11;8-6(9)5-3-1-2-4-7-5;;;/h2-7,36H,8H2,1H3;2*3-6,8-9H,1-2H3;2*1-4,6-7H;3*1-6,8-9H;1-4H,(H,8,9);;;/q;7*-1;;;;+3/p+1.